The number of allylic oxidation sites excluding steroid dienone is 3. The normalized spacial score (nSPS) is 40.2. The van der Waals surface area contributed by atoms with Crippen molar-refractivity contribution in [1.29, 1.82) is 0 Å². The van der Waals surface area contributed by atoms with Gasteiger partial charge in [-0.25, -0.2) is 0 Å². The number of aliphatic hydroxyl groups excluding tert-OH is 2. The number of hydrogen-bond donors (Lipinski definition) is 2. The van der Waals surface area contributed by atoms with Crippen molar-refractivity contribution in [2.45, 2.75) is 130 Å². The largest absolute Gasteiger partial charge is 0.411 e. The fourth-order valence-corrected chi connectivity index (χ4v) is 9.48. The summed E-state index contributed by atoms with van der Waals surface area (Å²) in [7, 11) is -2.02. The summed E-state index contributed by atoms with van der Waals surface area (Å²) >= 11 is 0. The molecule has 0 spiro atoms. The second kappa shape index (κ2) is 10.4. The Morgan fingerprint density at radius 1 is 1.20 bits per heavy atom. The van der Waals surface area contributed by atoms with Gasteiger partial charge in [-0.3, -0.25) is 0 Å². The van der Waals surface area contributed by atoms with Gasteiger partial charge in [0.1, 0.15) is 0 Å². The Labute approximate surface area is 217 Å². The summed E-state index contributed by atoms with van der Waals surface area (Å²) in [5, 5.41) is 21.9. The van der Waals surface area contributed by atoms with Gasteiger partial charge in [0.05, 0.1) is 18.3 Å². The van der Waals surface area contributed by atoms with Crippen LogP contribution in [0.3, 0.4) is 0 Å². The molecule has 0 aromatic heterocycles. The Bertz CT molecular complexity index is 805. The van der Waals surface area contributed by atoms with Gasteiger partial charge < -0.3 is 14.6 Å². The third-order valence-electron chi connectivity index (χ3n) is 10.8. The standard InChI is InChI=1S/C31H56O3Si/c1-21(2)12-11-13-22(3)24-16-17-30(7)18-26-28(23(20-32)14-15-25(24)30)27(33)19-31(26,8)34-35(9,10)29(4,5)6/h12,14,22,24-28,32-33H,11,13,15-20H2,1-10H3/b23-14-/t22-,24+,25-,26-,27+,28-,30+,31-/m1/s1. The topological polar surface area (TPSA) is 49.7 Å². The molecule has 3 aliphatic rings. The Kier molecular flexibility index (Phi) is 8.65. The Morgan fingerprint density at radius 2 is 1.86 bits per heavy atom. The first-order chi connectivity index (χ1) is 16.0. The lowest BCUT2D eigenvalue weighted by atomic mass is 9.62. The minimum atomic E-state index is -2.02. The summed E-state index contributed by atoms with van der Waals surface area (Å²) in [6, 6.07) is 0. The van der Waals surface area contributed by atoms with E-state index in [0.717, 1.165) is 24.3 Å². The summed E-state index contributed by atoms with van der Waals surface area (Å²) in [6.07, 6.45) is 12.1. The predicted octanol–water partition coefficient (Wildman–Crippen LogP) is 7.89. The predicted molar refractivity (Wildman–Crippen MR) is 151 cm³/mol. The van der Waals surface area contributed by atoms with Gasteiger partial charge in [0.25, 0.3) is 0 Å². The van der Waals surface area contributed by atoms with E-state index in [1.54, 1.807) is 0 Å². The highest BCUT2D eigenvalue weighted by atomic mass is 28.4. The molecule has 3 nitrogen and oxygen atoms in total. The maximum Gasteiger partial charge on any atom is 0.192 e. The number of aliphatic hydroxyl groups is 2. The molecule has 2 saturated carbocycles. The van der Waals surface area contributed by atoms with Crippen molar-refractivity contribution in [3.8, 4) is 0 Å². The number of rotatable bonds is 7. The molecule has 0 heterocycles. The van der Waals surface area contributed by atoms with E-state index in [0.29, 0.717) is 18.3 Å². The van der Waals surface area contributed by atoms with Crippen molar-refractivity contribution in [3.63, 3.8) is 0 Å². The van der Waals surface area contributed by atoms with Crippen molar-refractivity contribution < 1.29 is 14.6 Å². The molecular weight excluding hydrogens is 448 g/mol. The zero-order valence-electron chi connectivity index (χ0n) is 24.6. The van der Waals surface area contributed by atoms with Gasteiger partial charge in [0.15, 0.2) is 8.32 Å². The molecular formula is C31H56O3Si. The first kappa shape index (κ1) is 29.1. The molecule has 35 heavy (non-hydrogen) atoms. The SMILES string of the molecule is CC(C)=CCC[C@@H](C)[C@@H]1CC[C@@]2(C)C[C@@H]3[C@@H](/C(CO)=C\C[C@H]12)[C@@H](O)C[C@@]3(C)O[Si](C)(C)C(C)(C)C. The Morgan fingerprint density at radius 3 is 2.43 bits per heavy atom. The molecule has 2 fully saturated rings. The lowest BCUT2D eigenvalue weighted by Gasteiger charge is -2.49. The van der Waals surface area contributed by atoms with E-state index < -0.39 is 14.4 Å². The molecule has 3 rings (SSSR count). The van der Waals surface area contributed by atoms with E-state index in [1.807, 2.05) is 0 Å². The van der Waals surface area contributed by atoms with Gasteiger partial charge in [0.2, 0.25) is 0 Å². The second-order valence-electron chi connectivity index (χ2n) is 14.8. The van der Waals surface area contributed by atoms with Gasteiger partial charge in [-0.2, -0.15) is 0 Å². The van der Waals surface area contributed by atoms with E-state index in [-0.39, 0.29) is 34.5 Å². The second-order valence-corrected chi connectivity index (χ2v) is 19.5. The molecule has 202 valence electrons. The average Bonchev–Trinajstić information content (AvgIpc) is 3.13. The number of fused-ring (bicyclic) bond motifs is 2. The van der Waals surface area contributed by atoms with Crippen molar-refractivity contribution in [2.24, 2.45) is 35.0 Å². The molecule has 0 aromatic rings. The molecule has 0 amide bonds. The van der Waals surface area contributed by atoms with Gasteiger partial charge >= 0.3 is 0 Å². The maximum absolute atomic E-state index is 11.4. The van der Waals surface area contributed by atoms with Crippen LogP contribution < -0.4 is 0 Å². The van der Waals surface area contributed by atoms with E-state index in [2.05, 4.69) is 80.6 Å². The van der Waals surface area contributed by atoms with Crippen LogP contribution in [0.5, 0.6) is 0 Å². The highest BCUT2D eigenvalue weighted by Crippen LogP contribution is 2.61. The number of hydrogen-bond acceptors (Lipinski definition) is 3. The summed E-state index contributed by atoms with van der Waals surface area (Å²) < 4.78 is 7.19. The van der Waals surface area contributed by atoms with Crippen LogP contribution >= 0.6 is 0 Å². The summed E-state index contributed by atoms with van der Waals surface area (Å²) in [4.78, 5) is 0. The highest BCUT2D eigenvalue weighted by Gasteiger charge is 2.59. The van der Waals surface area contributed by atoms with Crippen LogP contribution in [0.2, 0.25) is 18.1 Å². The molecule has 0 bridgehead atoms. The molecule has 4 heteroatoms. The van der Waals surface area contributed by atoms with E-state index in [9.17, 15) is 10.2 Å². The molecule has 3 aliphatic carbocycles. The zero-order valence-corrected chi connectivity index (χ0v) is 25.6. The van der Waals surface area contributed by atoms with Crippen LogP contribution in [0, 0.1) is 35.0 Å². The smallest absolute Gasteiger partial charge is 0.192 e. The lowest BCUT2D eigenvalue weighted by Crippen LogP contribution is -2.51. The van der Waals surface area contributed by atoms with Crippen molar-refractivity contribution >= 4 is 8.32 Å². The van der Waals surface area contributed by atoms with Crippen molar-refractivity contribution in [3.05, 3.63) is 23.3 Å². The summed E-state index contributed by atoms with van der Waals surface area (Å²) in [6.45, 7) is 23.3. The zero-order chi connectivity index (χ0) is 26.4. The maximum atomic E-state index is 11.4. The van der Waals surface area contributed by atoms with Crippen LogP contribution in [-0.4, -0.2) is 36.8 Å². The minimum Gasteiger partial charge on any atom is -0.411 e. The third kappa shape index (κ3) is 5.86. The molecule has 8 atom stereocenters. The quantitative estimate of drug-likeness (QED) is 0.274. The molecule has 0 unspecified atom stereocenters. The van der Waals surface area contributed by atoms with Crippen LogP contribution in [0.15, 0.2) is 23.3 Å². The van der Waals surface area contributed by atoms with E-state index in [4.69, 9.17) is 4.43 Å². The highest BCUT2D eigenvalue weighted by molar-refractivity contribution is 6.74. The van der Waals surface area contributed by atoms with E-state index >= 15 is 0 Å². The van der Waals surface area contributed by atoms with Crippen molar-refractivity contribution in [1.82, 2.24) is 0 Å². The molecule has 0 radical (unpaired) electrons. The van der Waals surface area contributed by atoms with Crippen LogP contribution in [0.1, 0.15) is 100 Å². The monoisotopic (exact) mass is 504 g/mol. The third-order valence-corrected chi connectivity index (χ3v) is 15.4. The first-order valence-corrected chi connectivity index (χ1v) is 17.3. The molecule has 0 saturated heterocycles. The average molecular weight is 505 g/mol. The molecule has 2 N–H and O–H groups in total. The minimum absolute atomic E-state index is 0.0154. The summed E-state index contributed by atoms with van der Waals surface area (Å²) in [5.74, 6) is 2.35. The Hall–Kier alpha value is -0.423. The fourth-order valence-electron chi connectivity index (χ4n) is 7.77. The molecule has 0 aromatic carbocycles. The first-order valence-electron chi connectivity index (χ1n) is 14.4. The summed E-state index contributed by atoms with van der Waals surface area (Å²) in [5.41, 5.74) is 2.40. The van der Waals surface area contributed by atoms with Gasteiger partial charge in [-0.15, -0.1) is 0 Å². The van der Waals surface area contributed by atoms with Crippen molar-refractivity contribution in [2.75, 3.05) is 6.61 Å². The van der Waals surface area contributed by atoms with Gasteiger partial charge in [0, 0.05) is 12.3 Å². The van der Waals surface area contributed by atoms with Gasteiger partial charge in [-0.1, -0.05) is 52.3 Å². The van der Waals surface area contributed by atoms with Gasteiger partial charge in [-0.05, 0) is 112 Å². The van der Waals surface area contributed by atoms with Crippen LogP contribution in [0.25, 0.3) is 0 Å². The lowest BCUT2D eigenvalue weighted by molar-refractivity contribution is -0.00939. The Balaban J connectivity index is 1.93. The van der Waals surface area contributed by atoms with Crippen LogP contribution in [0.4, 0.5) is 0 Å². The fraction of sp³-hybridized carbons (Fsp3) is 0.871. The van der Waals surface area contributed by atoms with Crippen LogP contribution in [-0.2, 0) is 4.43 Å². The molecule has 0 aliphatic heterocycles. The van der Waals surface area contributed by atoms with E-state index in [1.165, 1.54) is 31.3 Å².